The van der Waals surface area contributed by atoms with Crippen molar-refractivity contribution in [2.24, 2.45) is 0 Å². The van der Waals surface area contributed by atoms with E-state index in [9.17, 15) is 14.0 Å². The Labute approximate surface area is 186 Å². The molecule has 8 heteroatoms. The van der Waals surface area contributed by atoms with Crippen molar-refractivity contribution in [3.05, 3.63) is 59.4 Å². The molecule has 2 aromatic rings. The third kappa shape index (κ3) is 4.95. The van der Waals surface area contributed by atoms with Gasteiger partial charge >= 0.3 is 0 Å². The molecule has 0 aromatic heterocycles. The third-order valence-electron chi connectivity index (χ3n) is 5.31. The predicted molar refractivity (Wildman–Crippen MR) is 119 cm³/mol. The third-order valence-corrected chi connectivity index (χ3v) is 6.96. The van der Waals surface area contributed by atoms with Crippen molar-refractivity contribution in [1.29, 1.82) is 0 Å². The standard InChI is InChI=1S/C23H27FN2O4S/c1-5-20-22(28)26(13-12-25(2)21(27)15-6-9-17(24)10-7-15)23(31-20)16-8-11-18(29-3)19(14-16)30-4/h6-11,14,20,23H,5,12-13H2,1-4H3. The van der Waals surface area contributed by atoms with Crippen molar-refractivity contribution >= 4 is 23.6 Å². The van der Waals surface area contributed by atoms with Gasteiger partial charge in [0.15, 0.2) is 11.5 Å². The second-order valence-electron chi connectivity index (χ2n) is 7.26. The largest absolute Gasteiger partial charge is 0.493 e. The number of hydrogen-bond donors (Lipinski definition) is 0. The maximum Gasteiger partial charge on any atom is 0.253 e. The highest BCUT2D eigenvalue weighted by Crippen LogP contribution is 2.45. The van der Waals surface area contributed by atoms with Crippen molar-refractivity contribution in [1.82, 2.24) is 9.80 Å². The summed E-state index contributed by atoms with van der Waals surface area (Å²) < 4.78 is 23.9. The fraction of sp³-hybridized carbons (Fsp3) is 0.391. The predicted octanol–water partition coefficient (Wildman–Crippen LogP) is 3.97. The SMILES string of the molecule is CCC1SC(c2ccc(OC)c(OC)c2)N(CCN(C)C(=O)c2ccc(F)cc2)C1=O. The van der Waals surface area contributed by atoms with Crippen LogP contribution in [0.15, 0.2) is 42.5 Å². The second kappa shape index (κ2) is 10.0. The number of likely N-dealkylation sites (N-methyl/N-ethyl adjacent to an activating group) is 1. The van der Waals surface area contributed by atoms with Crippen LogP contribution in [0.2, 0.25) is 0 Å². The number of carbonyl (C=O) groups excluding carboxylic acids is 2. The molecule has 6 nitrogen and oxygen atoms in total. The first kappa shape index (κ1) is 22.9. The molecule has 3 rings (SSSR count). The number of methoxy groups -OCH3 is 2. The Morgan fingerprint density at radius 1 is 1.13 bits per heavy atom. The van der Waals surface area contributed by atoms with Crippen LogP contribution in [0.4, 0.5) is 4.39 Å². The molecule has 0 spiro atoms. The van der Waals surface area contributed by atoms with Crippen LogP contribution < -0.4 is 9.47 Å². The molecular weight excluding hydrogens is 419 g/mol. The fourth-order valence-electron chi connectivity index (χ4n) is 3.52. The van der Waals surface area contributed by atoms with Gasteiger partial charge in [0.2, 0.25) is 5.91 Å². The Hall–Kier alpha value is -2.74. The van der Waals surface area contributed by atoms with E-state index in [0.29, 0.717) is 30.2 Å². The van der Waals surface area contributed by atoms with Crippen molar-refractivity contribution in [3.8, 4) is 11.5 Å². The van der Waals surface area contributed by atoms with E-state index in [1.165, 1.54) is 24.3 Å². The van der Waals surface area contributed by atoms with Gasteiger partial charge in [0.05, 0.1) is 19.5 Å². The minimum atomic E-state index is -0.387. The number of amides is 2. The number of carbonyl (C=O) groups is 2. The molecule has 2 unspecified atom stereocenters. The van der Waals surface area contributed by atoms with Gasteiger partial charge in [0.25, 0.3) is 5.91 Å². The van der Waals surface area contributed by atoms with Crippen molar-refractivity contribution in [3.63, 3.8) is 0 Å². The molecule has 166 valence electrons. The van der Waals surface area contributed by atoms with E-state index in [4.69, 9.17) is 9.47 Å². The van der Waals surface area contributed by atoms with E-state index in [2.05, 4.69) is 0 Å². The molecule has 1 aliphatic heterocycles. The van der Waals surface area contributed by atoms with E-state index < -0.39 is 0 Å². The summed E-state index contributed by atoms with van der Waals surface area (Å²) in [6.45, 7) is 2.75. The van der Waals surface area contributed by atoms with Crippen molar-refractivity contribution in [2.75, 3.05) is 34.4 Å². The van der Waals surface area contributed by atoms with E-state index in [1.807, 2.05) is 30.0 Å². The molecule has 1 fully saturated rings. The number of thioether (sulfide) groups is 1. The van der Waals surface area contributed by atoms with E-state index in [0.717, 1.165) is 12.0 Å². The van der Waals surface area contributed by atoms with Crippen molar-refractivity contribution < 1.29 is 23.5 Å². The smallest absolute Gasteiger partial charge is 0.253 e. The highest BCUT2D eigenvalue weighted by Gasteiger charge is 2.40. The molecule has 2 atom stereocenters. The Bertz CT molecular complexity index is 938. The highest BCUT2D eigenvalue weighted by atomic mass is 32.2. The highest BCUT2D eigenvalue weighted by molar-refractivity contribution is 8.01. The summed E-state index contributed by atoms with van der Waals surface area (Å²) in [4.78, 5) is 29.0. The van der Waals surface area contributed by atoms with Crippen LogP contribution in [0, 0.1) is 5.82 Å². The molecule has 2 amide bonds. The van der Waals surface area contributed by atoms with Crippen LogP contribution in [0.25, 0.3) is 0 Å². The molecule has 1 heterocycles. The number of ether oxygens (including phenoxy) is 2. The Kier molecular flexibility index (Phi) is 7.43. The number of nitrogens with zero attached hydrogens (tertiary/aromatic N) is 2. The summed E-state index contributed by atoms with van der Waals surface area (Å²) in [6, 6.07) is 11.1. The zero-order valence-corrected chi connectivity index (χ0v) is 18.9. The zero-order valence-electron chi connectivity index (χ0n) is 18.1. The summed E-state index contributed by atoms with van der Waals surface area (Å²) in [5, 5.41) is -0.303. The number of halogens is 1. The lowest BCUT2D eigenvalue weighted by Crippen LogP contribution is -2.39. The molecule has 0 aliphatic carbocycles. The minimum Gasteiger partial charge on any atom is -0.493 e. The average molecular weight is 447 g/mol. The summed E-state index contributed by atoms with van der Waals surface area (Å²) >= 11 is 1.61. The molecule has 0 radical (unpaired) electrons. The van der Waals surface area contributed by atoms with Crippen LogP contribution in [0.3, 0.4) is 0 Å². The normalized spacial score (nSPS) is 18.2. The summed E-state index contributed by atoms with van der Waals surface area (Å²) in [6.07, 6.45) is 0.730. The Morgan fingerprint density at radius 3 is 2.42 bits per heavy atom. The fourth-order valence-corrected chi connectivity index (χ4v) is 4.94. The molecule has 1 saturated heterocycles. The van der Waals surface area contributed by atoms with Gasteiger partial charge in [0.1, 0.15) is 11.2 Å². The Balaban J connectivity index is 1.76. The van der Waals surface area contributed by atoms with Crippen LogP contribution in [0.1, 0.15) is 34.6 Å². The van der Waals surface area contributed by atoms with Gasteiger partial charge in [-0.25, -0.2) is 4.39 Å². The summed E-state index contributed by atoms with van der Waals surface area (Å²) in [7, 11) is 4.85. The topological polar surface area (TPSA) is 59.1 Å². The lowest BCUT2D eigenvalue weighted by molar-refractivity contribution is -0.130. The van der Waals surface area contributed by atoms with E-state index in [-0.39, 0.29) is 28.3 Å². The molecule has 31 heavy (non-hydrogen) atoms. The van der Waals surface area contributed by atoms with Gasteiger partial charge in [-0.05, 0) is 48.4 Å². The molecule has 0 N–H and O–H groups in total. The van der Waals surface area contributed by atoms with Crippen molar-refractivity contribution in [2.45, 2.75) is 24.0 Å². The van der Waals surface area contributed by atoms with E-state index in [1.54, 1.807) is 37.9 Å². The summed E-state index contributed by atoms with van der Waals surface area (Å²) in [5.74, 6) is 0.700. The zero-order chi connectivity index (χ0) is 22.5. The van der Waals surface area contributed by atoms with Crippen LogP contribution in [0.5, 0.6) is 11.5 Å². The second-order valence-corrected chi connectivity index (χ2v) is 8.55. The molecular formula is C23H27FN2O4S. The van der Waals surface area contributed by atoms with Gasteiger partial charge in [-0.3, -0.25) is 9.59 Å². The maximum absolute atomic E-state index is 13.1. The van der Waals surface area contributed by atoms with E-state index >= 15 is 0 Å². The van der Waals surface area contributed by atoms with Crippen LogP contribution in [-0.4, -0.2) is 61.2 Å². The van der Waals surface area contributed by atoms with Gasteiger partial charge in [0, 0.05) is 25.7 Å². The minimum absolute atomic E-state index is 0.0647. The molecule has 1 aliphatic rings. The first-order valence-corrected chi connectivity index (χ1v) is 11.0. The molecule has 2 aromatic carbocycles. The van der Waals surface area contributed by atoms with Gasteiger partial charge in [-0.2, -0.15) is 0 Å². The summed E-state index contributed by atoms with van der Waals surface area (Å²) in [5.41, 5.74) is 1.35. The average Bonchev–Trinajstić information content (AvgIpc) is 3.12. The lowest BCUT2D eigenvalue weighted by Gasteiger charge is -2.27. The lowest BCUT2D eigenvalue weighted by atomic mass is 10.1. The number of rotatable bonds is 8. The monoisotopic (exact) mass is 446 g/mol. The van der Waals surface area contributed by atoms with Gasteiger partial charge in [-0.1, -0.05) is 13.0 Å². The number of hydrogen-bond acceptors (Lipinski definition) is 5. The van der Waals surface area contributed by atoms with Crippen LogP contribution in [-0.2, 0) is 4.79 Å². The van der Waals surface area contributed by atoms with Crippen LogP contribution >= 0.6 is 11.8 Å². The number of benzene rings is 2. The maximum atomic E-state index is 13.1. The van der Waals surface area contributed by atoms with Gasteiger partial charge in [-0.15, -0.1) is 11.8 Å². The van der Waals surface area contributed by atoms with Gasteiger partial charge < -0.3 is 19.3 Å². The quantitative estimate of drug-likeness (QED) is 0.614. The first-order chi connectivity index (χ1) is 14.9. The molecule has 0 bridgehead atoms. The first-order valence-electron chi connectivity index (χ1n) is 10.1. The molecule has 0 saturated carbocycles. The Morgan fingerprint density at radius 2 is 1.81 bits per heavy atom.